The molecule has 2 aliphatic rings. The van der Waals surface area contributed by atoms with Gasteiger partial charge in [-0.15, -0.1) is 0 Å². The number of urea groups is 1. The number of ether oxygens (including phenoxy) is 1. The normalized spacial score (nSPS) is 18.6. The third-order valence-electron chi connectivity index (χ3n) is 6.82. The van der Waals surface area contributed by atoms with Gasteiger partial charge in [0, 0.05) is 25.4 Å². The van der Waals surface area contributed by atoms with Gasteiger partial charge < -0.3 is 20.3 Å². The van der Waals surface area contributed by atoms with Gasteiger partial charge in [0.25, 0.3) is 0 Å². The molecular weight excluding hydrogens is 416 g/mol. The Morgan fingerprint density at radius 1 is 1.21 bits per heavy atom. The molecule has 8 heteroatoms. The minimum atomic E-state index is -0.0750. The fraction of sp³-hybridized carbons (Fsp3) is 0.480. The first-order chi connectivity index (χ1) is 16.0. The zero-order valence-electron chi connectivity index (χ0n) is 19.4. The van der Waals surface area contributed by atoms with E-state index < -0.39 is 0 Å². The summed E-state index contributed by atoms with van der Waals surface area (Å²) in [6, 6.07) is 12.4. The predicted molar refractivity (Wildman–Crippen MR) is 127 cm³/mol. The van der Waals surface area contributed by atoms with Crippen molar-refractivity contribution in [2.24, 2.45) is 0 Å². The highest BCUT2D eigenvalue weighted by Crippen LogP contribution is 2.25. The Morgan fingerprint density at radius 2 is 2.00 bits per heavy atom. The van der Waals surface area contributed by atoms with Crippen LogP contribution in [0.4, 0.5) is 4.79 Å². The van der Waals surface area contributed by atoms with E-state index in [1.807, 2.05) is 30.2 Å². The average Bonchev–Trinajstić information content (AvgIpc) is 3.37. The van der Waals surface area contributed by atoms with Gasteiger partial charge in [-0.05, 0) is 50.0 Å². The van der Waals surface area contributed by atoms with Gasteiger partial charge in [-0.25, -0.2) is 14.3 Å². The lowest BCUT2D eigenvalue weighted by molar-refractivity contribution is 0.217. The minimum absolute atomic E-state index is 0.0278. The molecule has 1 spiro atoms. The molecule has 2 saturated heterocycles. The quantitative estimate of drug-likeness (QED) is 0.581. The second-order valence-corrected chi connectivity index (χ2v) is 9.41. The lowest BCUT2D eigenvalue weighted by Gasteiger charge is -2.32. The molecule has 1 aromatic carbocycles. The summed E-state index contributed by atoms with van der Waals surface area (Å²) in [4.78, 5) is 19.1. The summed E-state index contributed by atoms with van der Waals surface area (Å²) < 4.78 is 7.88. The summed E-state index contributed by atoms with van der Waals surface area (Å²) in [5.74, 6) is 1.82. The zero-order valence-corrected chi connectivity index (χ0v) is 19.4. The van der Waals surface area contributed by atoms with Crippen LogP contribution in [0.1, 0.15) is 42.6 Å². The number of benzene rings is 1. The number of hydrogen-bond acceptors (Lipinski definition) is 5. The minimum Gasteiger partial charge on any atom is -0.491 e. The van der Waals surface area contributed by atoms with Gasteiger partial charge in [-0.2, -0.15) is 5.10 Å². The van der Waals surface area contributed by atoms with Crippen LogP contribution in [0, 0.1) is 6.92 Å². The van der Waals surface area contributed by atoms with Gasteiger partial charge in [0.15, 0.2) is 11.5 Å². The van der Waals surface area contributed by atoms with Crippen molar-refractivity contribution >= 4 is 11.7 Å². The fourth-order valence-corrected chi connectivity index (χ4v) is 4.83. The van der Waals surface area contributed by atoms with E-state index >= 15 is 0 Å². The first-order valence-corrected chi connectivity index (χ1v) is 11.8. The van der Waals surface area contributed by atoms with Crippen LogP contribution < -0.4 is 15.4 Å². The number of nitrogens with zero attached hydrogens (tertiary/aromatic N) is 4. The maximum absolute atomic E-state index is 12.5. The number of pyridine rings is 1. The van der Waals surface area contributed by atoms with Gasteiger partial charge in [-0.3, -0.25) is 0 Å². The van der Waals surface area contributed by atoms with Crippen molar-refractivity contribution in [3.05, 3.63) is 59.5 Å². The van der Waals surface area contributed by atoms with Crippen LogP contribution in [0.3, 0.4) is 0 Å². The number of carbonyl (C=O) groups is 1. The maximum Gasteiger partial charge on any atom is 0.317 e. The smallest absolute Gasteiger partial charge is 0.317 e. The second-order valence-electron chi connectivity index (χ2n) is 9.41. The number of amides is 2. The van der Waals surface area contributed by atoms with E-state index in [1.54, 1.807) is 4.52 Å². The van der Waals surface area contributed by atoms with E-state index in [2.05, 4.69) is 46.9 Å². The Hall–Kier alpha value is -3.13. The predicted octanol–water partition coefficient (Wildman–Crippen LogP) is 2.91. The zero-order chi connectivity index (χ0) is 22.8. The molecule has 33 heavy (non-hydrogen) atoms. The molecule has 2 N–H and O–H groups in total. The monoisotopic (exact) mass is 448 g/mol. The second kappa shape index (κ2) is 9.02. The third-order valence-corrected chi connectivity index (χ3v) is 6.82. The highest BCUT2D eigenvalue weighted by atomic mass is 16.5. The fourth-order valence-electron chi connectivity index (χ4n) is 4.83. The summed E-state index contributed by atoms with van der Waals surface area (Å²) in [5.41, 5.74) is 3.03. The van der Waals surface area contributed by atoms with Gasteiger partial charge in [-0.1, -0.05) is 37.3 Å². The molecule has 2 amide bonds. The number of aryl methyl sites for hydroxylation is 1. The molecule has 0 bridgehead atoms. The number of nitrogens with one attached hydrogen (secondary N) is 2. The van der Waals surface area contributed by atoms with Crippen LogP contribution in [0.2, 0.25) is 0 Å². The maximum atomic E-state index is 12.5. The Balaban J connectivity index is 1.22. The molecule has 2 aromatic heterocycles. The molecule has 1 unspecified atom stereocenters. The van der Waals surface area contributed by atoms with Gasteiger partial charge in [0.1, 0.15) is 5.75 Å². The topological polar surface area (TPSA) is 83.8 Å². The number of piperidine rings is 1. The van der Waals surface area contributed by atoms with Crippen molar-refractivity contribution in [1.29, 1.82) is 0 Å². The summed E-state index contributed by atoms with van der Waals surface area (Å²) in [6.07, 6.45) is 4.48. The van der Waals surface area contributed by atoms with Crippen LogP contribution in [-0.4, -0.2) is 63.9 Å². The van der Waals surface area contributed by atoms with Crippen LogP contribution in [-0.2, 0) is 6.42 Å². The van der Waals surface area contributed by atoms with Gasteiger partial charge in [0.05, 0.1) is 18.3 Å². The van der Waals surface area contributed by atoms with Crippen LogP contribution in [0.25, 0.3) is 5.65 Å². The van der Waals surface area contributed by atoms with Crippen LogP contribution in [0.15, 0.2) is 42.6 Å². The molecule has 2 fully saturated rings. The number of rotatable bonds is 7. The molecule has 0 saturated carbocycles. The van der Waals surface area contributed by atoms with Gasteiger partial charge >= 0.3 is 6.03 Å². The number of aromatic nitrogens is 3. The molecule has 8 nitrogen and oxygen atoms in total. The molecule has 174 valence electrons. The number of fused-ring (bicyclic) bond motifs is 1. The third kappa shape index (κ3) is 4.66. The van der Waals surface area contributed by atoms with E-state index in [-0.39, 0.29) is 11.6 Å². The van der Waals surface area contributed by atoms with E-state index in [4.69, 9.17) is 9.72 Å². The highest BCUT2D eigenvalue weighted by Gasteiger charge is 2.42. The van der Waals surface area contributed by atoms with Crippen molar-refractivity contribution in [3.8, 4) is 5.75 Å². The molecule has 0 radical (unpaired) electrons. The average molecular weight is 449 g/mol. The Bertz CT molecular complexity index is 1120. The van der Waals surface area contributed by atoms with Crippen molar-refractivity contribution in [1.82, 2.24) is 30.1 Å². The van der Waals surface area contributed by atoms with E-state index in [9.17, 15) is 4.79 Å². The van der Waals surface area contributed by atoms with E-state index in [0.717, 1.165) is 55.3 Å². The van der Waals surface area contributed by atoms with Crippen molar-refractivity contribution in [2.45, 2.75) is 44.6 Å². The first kappa shape index (κ1) is 21.7. The number of hydrogen-bond donors (Lipinski definition) is 2. The molecule has 4 heterocycles. The number of carbonyl (C=O) groups excluding carboxylic acids is 1. The summed E-state index contributed by atoms with van der Waals surface area (Å²) in [6.45, 7) is 8.07. The summed E-state index contributed by atoms with van der Waals surface area (Å²) >= 11 is 0. The summed E-state index contributed by atoms with van der Waals surface area (Å²) in [5, 5.41) is 11.3. The van der Waals surface area contributed by atoms with Crippen molar-refractivity contribution in [3.63, 3.8) is 0 Å². The standard InChI is InChI=1S/C25H32N6O2/c1-18-14-21(33-16-19(2)20-6-4-3-5-7-20)15-31-23(18)27-22(29-31)8-13-30-17-25(28-24(30)32)9-11-26-12-10-25/h3-7,14-15,19,26H,8-13,16-17H2,1-2H3,(H,28,32). The van der Waals surface area contributed by atoms with E-state index in [1.165, 1.54) is 5.56 Å². The van der Waals surface area contributed by atoms with E-state index in [0.29, 0.717) is 25.5 Å². The molecular formula is C25H32N6O2. The van der Waals surface area contributed by atoms with Crippen molar-refractivity contribution < 1.29 is 9.53 Å². The lowest BCUT2D eigenvalue weighted by Crippen LogP contribution is -2.51. The van der Waals surface area contributed by atoms with Crippen LogP contribution >= 0.6 is 0 Å². The molecule has 0 aliphatic carbocycles. The highest BCUT2D eigenvalue weighted by molar-refractivity contribution is 5.78. The Labute approximate surface area is 194 Å². The first-order valence-electron chi connectivity index (χ1n) is 11.8. The summed E-state index contributed by atoms with van der Waals surface area (Å²) in [7, 11) is 0. The SMILES string of the molecule is Cc1cc(OCC(C)c2ccccc2)cn2nc(CCN3CC4(CCNCC4)NC3=O)nc12. The molecule has 2 aliphatic heterocycles. The molecule has 3 aromatic rings. The molecule has 5 rings (SSSR count). The molecule has 1 atom stereocenters. The largest absolute Gasteiger partial charge is 0.491 e. The van der Waals surface area contributed by atoms with Gasteiger partial charge in [0.2, 0.25) is 0 Å². The van der Waals surface area contributed by atoms with Crippen molar-refractivity contribution in [2.75, 3.05) is 32.8 Å². The lowest BCUT2D eigenvalue weighted by atomic mass is 9.89. The Morgan fingerprint density at radius 3 is 2.79 bits per heavy atom. The van der Waals surface area contributed by atoms with Crippen LogP contribution in [0.5, 0.6) is 5.75 Å². The Kier molecular flexibility index (Phi) is 5.93.